The fourth-order valence-electron chi connectivity index (χ4n) is 3.90. The molecule has 2 heterocycles. The summed E-state index contributed by atoms with van der Waals surface area (Å²) in [4.78, 5) is 31.1. The van der Waals surface area contributed by atoms with Crippen LogP contribution in [-0.4, -0.2) is 59.8 Å². The van der Waals surface area contributed by atoms with E-state index in [1.54, 1.807) is 13.1 Å². The summed E-state index contributed by atoms with van der Waals surface area (Å²) in [6.07, 6.45) is 14.6. The van der Waals surface area contributed by atoms with Crippen LogP contribution in [0.4, 0.5) is 5.69 Å². The highest BCUT2D eigenvalue weighted by Gasteiger charge is 2.25. The quantitative estimate of drug-likeness (QED) is 0.196. The Morgan fingerprint density at radius 1 is 1.31 bits per heavy atom. The van der Waals surface area contributed by atoms with Crippen molar-refractivity contribution in [1.29, 1.82) is 5.26 Å². The maximum absolute atomic E-state index is 12.0. The highest BCUT2D eigenvalue weighted by Crippen LogP contribution is 2.18. The summed E-state index contributed by atoms with van der Waals surface area (Å²) in [5, 5.41) is 13.4. The number of terminal acetylenes is 1. The Morgan fingerprint density at radius 2 is 2.06 bits per heavy atom. The lowest BCUT2D eigenvalue weighted by Crippen LogP contribution is -2.38. The first-order chi connectivity index (χ1) is 16.8. The molecule has 1 atom stereocenters. The Kier molecular flexibility index (Phi) is 13.1. The third-order valence-electron chi connectivity index (χ3n) is 5.52. The molecule has 9 heteroatoms. The number of nitrogens with two attached hydrogens (primary N) is 1. The van der Waals surface area contributed by atoms with Gasteiger partial charge in [0, 0.05) is 44.7 Å². The molecule has 2 fully saturated rings. The van der Waals surface area contributed by atoms with Crippen LogP contribution in [-0.2, 0) is 9.59 Å². The molecule has 0 spiro atoms. The number of guanidine groups is 1. The van der Waals surface area contributed by atoms with E-state index in [0.717, 1.165) is 62.3 Å². The zero-order chi connectivity index (χ0) is 26.2. The number of nitrogens with one attached hydrogen (secondary N) is 2. The summed E-state index contributed by atoms with van der Waals surface area (Å²) >= 11 is 0. The molecule has 188 valence electrons. The largest absolute Gasteiger partial charge is 0.372 e. The van der Waals surface area contributed by atoms with Crippen molar-refractivity contribution in [3.63, 3.8) is 0 Å². The average Bonchev–Trinajstić information content (AvgIpc) is 3.18. The van der Waals surface area contributed by atoms with Gasteiger partial charge in [0.25, 0.3) is 0 Å². The van der Waals surface area contributed by atoms with Gasteiger partial charge in [0.2, 0.25) is 17.8 Å². The third-order valence-corrected chi connectivity index (χ3v) is 5.52. The highest BCUT2D eigenvalue weighted by molar-refractivity contribution is 5.82. The first-order valence-corrected chi connectivity index (χ1v) is 11.7. The Morgan fingerprint density at radius 3 is 2.71 bits per heavy atom. The lowest BCUT2D eigenvalue weighted by molar-refractivity contribution is -0.130. The van der Waals surface area contributed by atoms with Gasteiger partial charge in [0.05, 0.1) is 12.2 Å². The van der Waals surface area contributed by atoms with Crippen molar-refractivity contribution < 1.29 is 9.59 Å². The fourth-order valence-corrected chi connectivity index (χ4v) is 3.90. The molecule has 0 aromatic heterocycles. The second kappa shape index (κ2) is 15.8. The molecule has 0 bridgehead atoms. The van der Waals surface area contributed by atoms with Crippen LogP contribution in [0.25, 0.3) is 0 Å². The van der Waals surface area contributed by atoms with Crippen LogP contribution < -0.4 is 16.4 Å². The van der Waals surface area contributed by atoms with Gasteiger partial charge >= 0.3 is 0 Å². The first kappa shape index (κ1) is 29.1. The predicted molar refractivity (Wildman–Crippen MR) is 139 cm³/mol. The molecule has 4 N–H and O–H groups in total. The number of aryl methyl sites for hydroxylation is 1. The molecule has 35 heavy (non-hydrogen) atoms. The van der Waals surface area contributed by atoms with E-state index < -0.39 is 0 Å². The molecule has 1 aromatic rings. The summed E-state index contributed by atoms with van der Waals surface area (Å²) in [7, 11) is 0. The van der Waals surface area contributed by atoms with Crippen LogP contribution in [0.3, 0.4) is 0 Å². The number of aliphatic imine (C=N–C) groups is 1. The van der Waals surface area contributed by atoms with Gasteiger partial charge in [0.1, 0.15) is 0 Å². The van der Waals surface area contributed by atoms with Gasteiger partial charge in [0.15, 0.2) is 6.19 Å². The first-order valence-electron chi connectivity index (χ1n) is 11.7. The predicted octanol–water partition coefficient (Wildman–Crippen LogP) is 2.37. The van der Waals surface area contributed by atoms with Crippen molar-refractivity contribution in [2.45, 2.75) is 52.0 Å². The van der Waals surface area contributed by atoms with E-state index in [1.807, 2.05) is 36.1 Å². The molecule has 0 radical (unpaired) electrons. The molecular formula is C26H37N7O2. The van der Waals surface area contributed by atoms with E-state index in [4.69, 9.17) is 11.0 Å². The summed E-state index contributed by atoms with van der Waals surface area (Å²) in [6, 6.07) is 7.76. The summed E-state index contributed by atoms with van der Waals surface area (Å²) in [6.45, 7) is 10.8. The average molecular weight is 480 g/mol. The maximum Gasteiger partial charge on any atom is 0.222 e. The van der Waals surface area contributed by atoms with Gasteiger partial charge in [-0.05, 0) is 43.9 Å². The lowest BCUT2D eigenvalue weighted by atomic mass is 10.2. The van der Waals surface area contributed by atoms with E-state index in [1.165, 1.54) is 0 Å². The standard InChI is InChI=1S/C15H25N3O2.C9H10N4.C2H2/c1-12(10-18-8-5-3-4-6-15(18)20)17-9-7-14(11-17)16-13(2)19;1-7-3-2-4-8(5-7)13-9(11)12-6-10;1-2/h14H,1,3-11H2,2H3,(H,16,19);2-5H,1H3,(H3,11,12,13);1-2H. The van der Waals surface area contributed by atoms with E-state index in [0.29, 0.717) is 13.0 Å². The van der Waals surface area contributed by atoms with Crippen LogP contribution in [0.15, 0.2) is 41.5 Å². The van der Waals surface area contributed by atoms with Gasteiger partial charge in [-0.3, -0.25) is 14.9 Å². The summed E-state index contributed by atoms with van der Waals surface area (Å²) in [5.74, 6) is 0.375. The molecule has 1 aromatic carbocycles. The van der Waals surface area contributed by atoms with Crippen molar-refractivity contribution in [1.82, 2.24) is 20.4 Å². The number of rotatable bonds is 5. The molecule has 0 aliphatic carbocycles. The second-order valence-corrected chi connectivity index (χ2v) is 8.40. The summed E-state index contributed by atoms with van der Waals surface area (Å²) < 4.78 is 0. The van der Waals surface area contributed by atoms with Gasteiger partial charge < -0.3 is 20.9 Å². The van der Waals surface area contributed by atoms with Gasteiger partial charge in [-0.1, -0.05) is 25.1 Å². The zero-order valence-corrected chi connectivity index (χ0v) is 20.8. The molecule has 3 rings (SSSR count). The molecule has 1 unspecified atom stereocenters. The van der Waals surface area contributed by atoms with E-state index in [9.17, 15) is 9.59 Å². The number of amides is 2. The number of benzene rings is 1. The number of carbonyl (C=O) groups is 2. The summed E-state index contributed by atoms with van der Waals surface area (Å²) in [5.41, 5.74) is 8.22. The lowest BCUT2D eigenvalue weighted by Gasteiger charge is -2.27. The minimum atomic E-state index is 0.0187. The van der Waals surface area contributed by atoms with Gasteiger partial charge in [-0.2, -0.15) is 5.26 Å². The topological polar surface area (TPSA) is 127 Å². The zero-order valence-electron chi connectivity index (χ0n) is 20.8. The minimum Gasteiger partial charge on any atom is -0.372 e. The van der Waals surface area contributed by atoms with Crippen molar-refractivity contribution >= 4 is 23.5 Å². The number of hydrogen-bond donors (Lipinski definition) is 3. The third kappa shape index (κ3) is 11.1. The van der Waals surface area contributed by atoms with Gasteiger partial charge in [-0.25, -0.2) is 4.99 Å². The molecule has 9 nitrogen and oxygen atoms in total. The molecule has 2 aliphatic heterocycles. The van der Waals surface area contributed by atoms with E-state index in [2.05, 4.69) is 40.0 Å². The Labute approximate surface area is 209 Å². The molecular weight excluding hydrogens is 442 g/mol. The Balaban J connectivity index is 0.000000354. The minimum absolute atomic E-state index is 0.0187. The number of carbonyl (C=O) groups excluding carboxylic acids is 2. The van der Waals surface area contributed by atoms with Crippen molar-refractivity contribution in [3.05, 3.63) is 42.1 Å². The SMILES string of the molecule is C#C.C=C(CN1CCCCCC1=O)N1CCC(NC(C)=O)C1.Cc1cccc(N=C(N)NC#N)c1. The number of nitrogens with zero attached hydrogens (tertiary/aromatic N) is 4. The van der Waals surface area contributed by atoms with Crippen molar-refractivity contribution in [3.8, 4) is 19.0 Å². The van der Waals surface area contributed by atoms with Crippen molar-refractivity contribution in [2.24, 2.45) is 10.7 Å². The smallest absolute Gasteiger partial charge is 0.222 e. The molecule has 2 amide bonds. The fraction of sp³-hybridized carbons (Fsp3) is 0.462. The molecule has 0 saturated carbocycles. The van der Waals surface area contributed by atoms with Gasteiger partial charge in [-0.15, -0.1) is 12.8 Å². The highest BCUT2D eigenvalue weighted by atomic mass is 16.2. The van der Waals surface area contributed by atoms with Crippen molar-refractivity contribution in [2.75, 3.05) is 26.2 Å². The Bertz CT molecular complexity index is 949. The Hall–Kier alpha value is -3.98. The van der Waals surface area contributed by atoms with Crippen LogP contribution in [0.1, 0.15) is 44.6 Å². The monoisotopic (exact) mass is 479 g/mol. The van der Waals surface area contributed by atoms with Crippen LogP contribution in [0, 0.1) is 31.2 Å². The molecule has 2 aliphatic rings. The normalized spacial score (nSPS) is 17.5. The number of likely N-dealkylation sites (tertiary alicyclic amines) is 2. The van der Waals surface area contributed by atoms with Crippen LogP contribution in [0.2, 0.25) is 0 Å². The van der Waals surface area contributed by atoms with E-state index in [-0.39, 0.29) is 23.8 Å². The van der Waals surface area contributed by atoms with Crippen LogP contribution >= 0.6 is 0 Å². The second-order valence-electron chi connectivity index (χ2n) is 8.40. The van der Waals surface area contributed by atoms with Crippen LogP contribution in [0.5, 0.6) is 0 Å². The number of hydrogen-bond acceptors (Lipinski definition) is 5. The number of nitriles is 1. The van der Waals surface area contributed by atoms with E-state index >= 15 is 0 Å². The molecule has 2 saturated heterocycles. The maximum atomic E-state index is 12.0.